The summed E-state index contributed by atoms with van der Waals surface area (Å²) >= 11 is 1.62. The molecule has 0 bridgehead atoms. The average Bonchev–Trinajstić information content (AvgIpc) is 2.99. The van der Waals surface area contributed by atoms with Crippen molar-refractivity contribution < 1.29 is 0 Å². The molecule has 1 heterocycles. The quantitative estimate of drug-likeness (QED) is 0.508. The first-order chi connectivity index (χ1) is 11.1. The van der Waals surface area contributed by atoms with E-state index in [1.165, 1.54) is 11.1 Å². The first-order valence-electron chi connectivity index (χ1n) is 7.32. The zero-order valence-corrected chi connectivity index (χ0v) is 14.2. The van der Waals surface area contributed by atoms with Crippen LogP contribution in [-0.4, -0.2) is 29.6 Å². The molecule has 0 unspecified atom stereocenters. The molecular formula is C18H18N4S. The van der Waals surface area contributed by atoms with E-state index < -0.39 is 0 Å². The maximum atomic E-state index is 4.50. The number of hydrogen-bond acceptors (Lipinski definition) is 4. The number of nitrogens with zero attached hydrogens (tertiary/aromatic N) is 4. The van der Waals surface area contributed by atoms with Crippen LogP contribution in [0.25, 0.3) is 10.2 Å². The van der Waals surface area contributed by atoms with Crippen molar-refractivity contribution >= 4 is 45.6 Å². The van der Waals surface area contributed by atoms with Crippen molar-refractivity contribution in [1.29, 1.82) is 0 Å². The summed E-state index contributed by atoms with van der Waals surface area (Å²) in [7, 11) is 1.92. The number of thiazole rings is 1. The van der Waals surface area contributed by atoms with E-state index in [1.54, 1.807) is 24.0 Å². The Morgan fingerprint density at radius 1 is 1.04 bits per heavy atom. The van der Waals surface area contributed by atoms with Gasteiger partial charge in [0.1, 0.15) is 0 Å². The third kappa shape index (κ3) is 3.81. The lowest BCUT2D eigenvalue weighted by molar-refractivity contribution is 0.802. The van der Waals surface area contributed by atoms with Crippen molar-refractivity contribution in [3.05, 3.63) is 53.0 Å². The molecule has 116 valence electrons. The van der Waals surface area contributed by atoms with E-state index in [2.05, 4.69) is 40.9 Å². The molecule has 0 fully saturated rings. The lowest BCUT2D eigenvalue weighted by Crippen LogP contribution is -2.12. The number of hydrogen-bond donors (Lipinski definition) is 0. The smallest absolute Gasteiger partial charge is 0.0961 e. The van der Waals surface area contributed by atoms with E-state index in [1.807, 2.05) is 41.7 Å². The van der Waals surface area contributed by atoms with Crippen LogP contribution in [-0.2, 0) is 0 Å². The van der Waals surface area contributed by atoms with Crippen LogP contribution in [0.15, 0.2) is 51.9 Å². The highest BCUT2D eigenvalue weighted by molar-refractivity contribution is 7.16. The molecule has 0 aliphatic carbocycles. The van der Waals surface area contributed by atoms with Crippen molar-refractivity contribution in [2.45, 2.75) is 13.8 Å². The molecular weight excluding hydrogens is 304 g/mol. The van der Waals surface area contributed by atoms with E-state index in [-0.39, 0.29) is 0 Å². The highest BCUT2D eigenvalue weighted by Crippen LogP contribution is 2.23. The SMILES string of the molecule is Cc1ccc(N=CN(C)C=Nc2ccc3ncsc3c2)c(C)c1. The summed E-state index contributed by atoms with van der Waals surface area (Å²) in [5, 5.41) is 0. The monoisotopic (exact) mass is 322 g/mol. The molecule has 1 aromatic heterocycles. The number of aryl methyl sites for hydroxylation is 2. The zero-order chi connectivity index (χ0) is 16.2. The van der Waals surface area contributed by atoms with E-state index in [9.17, 15) is 0 Å². The minimum Gasteiger partial charge on any atom is -0.326 e. The first kappa shape index (κ1) is 15.4. The van der Waals surface area contributed by atoms with Gasteiger partial charge in [0.05, 0.1) is 39.8 Å². The summed E-state index contributed by atoms with van der Waals surface area (Å²) in [6.07, 6.45) is 3.53. The second-order valence-electron chi connectivity index (χ2n) is 5.45. The van der Waals surface area contributed by atoms with Gasteiger partial charge in [-0.1, -0.05) is 17.7 Å². The third-order valence-corrected chi connectivity index (χ3v) is 4.23. The van der Waals surface area contributed by atoms with Crippen molar-refractivity contribution in [3.8, 4) is 0 Å². The fraction of sp³-hybridized carbons (Fsp3) is 0.167. The predicted octanol–water partition coefficient (Wildman–Crippen LogP) is 4.86. The van der Waals surface area contributed by atoms with Gasteiger partial charge in [-0.2, -0.15) is 0 Å². The maximum Gasteiger partial charge on any atom is 0.0961 e. The Bertz CT molecular complexity index is 880. The molecule has 3 aromatic rings. The van der Waals surface area contributed by atoms with Crippen molar-refractivity contribution in [3.63, 3.8) is 0 Å². The van der Waals surface area contributed by atoms with Crippen LogP contribution >= 0.6 is 11.3 Å². The summed E-state index contributed by atoms with van der Waals surface area (Å²) in [4.78, 5) is 15.1. The summed E-state index contributed by atoms with van der Waals surface area (Å²) in [6, 6.07) is 12.2. The van der Waals surface area contributed by atoms with E-state index in [0.717, 1.165) is 21.6 Å². The van der Waals surface area contributed by atoms with Gasteiger partial charge in [-0.3, -0.25) is 0 Å². The number of aliphatic imine (C=N–C) groups is 2. The van der Waals surface area contributed by atoms with E-state index in [4.69, 9.17) is 0 Å². The van der Waals surface area contributed by atoms with Crippen LogP contribution < -0.4 is 0 Å². The maximum absolute atomic E-state index is 4.50. The Hall–Kier alpha value is -2.53. The summed E-state index contributed by atoms with van der Waals surface area (Å²) in [5.41, 5.74) is 7.16. The topological polar surface area (TPSA) is 40.9 Å². The van der Waals surface area contributed by atoms with Gasteiger partial charge < -0.3 is 4.90 Å². The van der Waals surface area contributed by atoms with Crippen molar-refractivity contribution in [1.82, 2.24) is 9.88 Å². The molecule has 0 spiro atoms. The van der Waals surface area contributed by atoms with E-state index in [0.29, 0.717) is 0 Å². The minimum atomic E-state index is 0.911. The van der Waals surface area contributed by atoms with Crippen LogP contribution in [0.1, 0.15) is 11.1 Å². The fourth-order valence-corrected chi connectivity index (χ4v) is 2.93. The second kappa shape index (κ2) is 6.71. The lowest BCUT2D eigenvalue weighted by Gasteiger charge is -2.06. The molecule has 0 N–H and O–H groups in total. The van der Waals surface area contributed by atoms with Crippen LogP contribution in [0, 0.1) is 13.8 Å². The van der Waals surface area contributed by atoms with Gasteiger partial charge in [-0.05, 0) is 43.7 Å². The highest BCUT2D eigenvalue weighted by atomic mass is 32.1. The number of aromatic nitrogens is 1. The summed E-state index contributed by atoms with van der Waals surface area (Å²) in [5.74, 6) is 0. The van der Waals surface area contributed by atoms with Crippen molar-refractivity contribution in [2.75, 3.05) is 7.05 Å². The van der Waals surface area contributed by atoms with Gasteiger partial charge in [-0.15, -0.1) is 11.3 Å². The molecule has 0 radical (unpaired) electrons. The van der Waals surface area contributed by atoms with Crippen molar-refractivity contribution in [2.24, 2.45) is 9.98 Å². The van der Waals surface area contributed by atoms with Gasteiger partial charge >= 0.3 is 0 Å². The molecule has 5 heteroatoms. The molecule has 0 aliphatic heterocycles. The summed E-state index contributed by atoms with van der Waals surface area (Å²) < 4.78 is 1.14. The van der Waals surface area contributed by atoms with Gasteiger partial charge in [0.15, 0.2) is 0 Å². The van der Waals surface area contributed by atoms with Crippen LogP contribution in [0.3, 0.4) is 0 Å². The molecule has 4 nitrogen and oxygen atoms in total. The van der Waals surface area contributed by atoms with Crippen LogP contribution in [0.2, 0.25) is 0 Å². The van der Waals surface area contributed by atoms with Gasteiger partial charge in [0, 0.05) is 7.05 Å². The van der Waals surface area contributed by atoms with Gasteiger partial charge in [0.25, 0.3) is 0 Å². The molecule has 0 saturated carbocycles. The van der Waals surface area contributed by atoms with Gasteiger partial charge in [0.2, 0.25) is 0 Å². The zero-order valence-electron chi connectivity index (χ0n) is 13.4. The molecule has 0 atom stereocenters. The standard InChI is InChI=1S/C18H18N4S/c1-13-4-6-16(14(2)8-13)20-11-22(3)10-19-15-5-7-17-18(9-15)23-12-21-17/h4-12H,1-3H3. The second-order valence-corrected chi connectivity index (χ2v) is 6.34. The Kier molecular flexibility index (Phi) is 4.48. The summed E-state index contributed by atoms with van der Waals surface area (Å²) in [6.45, 7) is 4.15. The number of rotatable bonds is 4. The number of fused-ring (bicyclic) bond motifs is 1. The Labute approximate surface area is 139 Å². The minimum absolute atomic E-state index is 0.911. The molecule has 3 rings (SSSR count). The molecule has 0 saturated heterocycles. The molecule has 0 aliphatic rings. The Morgan fingerprint density at radius 3 is 2.70 bits per heavy atom. The lowest BCUT2D eigenvalue weighted by atomic mass is 10.1. The molecule has 23 heavy (non-hydrogen) atoms. The predicted molar refractivity (Wildman–Crippen MR) is 99.6 cm³/mol. The first-order valence-corrected chi connectivity index (χ1v) is 8.20. The van der Waals surface area contributed by atoms with Crippen LogP contribution in [0.5, 0.6) is 0 Å². The molecule has 0 amide bonds. The molecule has 2 aromatic carbocycles. The normalized spacial score (nSPS) is 11.8. The third-order valence-electron chi connectivity index (χ3n) is 3.44. The number of benzene rings is 2. The largest absolute Gasteiger partial charge is 0.326 e. The Balaban J connectivity index is 1.70. The fourth-order valence-electron chi connectivity index (χ4n) is 2.22. The van der Waals surface area contributed by atoms with Gasteiger partial charge in [-0.25, -0.2) is 15.0 Å². The highest BCUT2D eigenvalue weighted by Gasteiger charge is 1.98. The van der Waals surface area contributed by atoms with Crippen LogP contribution in [0.4, 0.5) is 11.4 Å². The average molecular weight is 322 g/mol. The Morgan fingerprint density at radius 2 is 1.87 bits per heavy atom. The van der Waals surface area contributed by atoms with E-state index >= 15 is 0 Å².